The lowest BCUT2D eigenvalue weighted by molar-refractivity contribution is -0.151. The van der Waals surface area contributed by atoms with Crippen molar-refractivity contribution < 1.29 is 33.4 Å². The van der Waals surface area contributed by atoms with Gasteiger partial charge in [-0.2, -0.15) is 5.10 Å². The summed E-state index contributed by atoms with van der Waals surface area (Å²) in [7, 11) is 2.03. The molecule has 1 aromatic carbocycles. The second kappa shape index (κ2) is 17.1. The van der Waals surface area contributed by atoms with Gasteiger partial charge < -0.3 is 34.2 Å². The van der Waals surface area contributed by atoms with Gasteiger partial charge in [0.15, 0.2) is 0 Å². The second-order valence-corrected chi connectivity index (χ2v) is 13.9. The first kappa shape index (κ1) is 37.0. The van der Waals surface area contributed by atoms with Gasteiger partial charge >= 0.3 is 12.1 Å². The minimum absolute atomic E-state index is 0.0110. The van der Waals surface area contributed by atoms with Gasteiger partial charge in [-0.1, -0.05) is 26.0 Å². The lowest BCUT2D eigenvalue weighted by Gasteiger charge is -2.36. The van der Waals surface area contributed by atoms with Crippen molar-refractivity contribution in [3.63, 3.8) is 0 Å². The number of aliphatic hydroxyl groups is 1. The number of ether oxygens (including phenoxy) is 2. The van der Waals surface area contributed by atoms with Crippen LogP contribution < -0.4 is 4.90 Å². The number of benzene rings is 1. The maximum atomic E-state index is 15.0. The molecule has 1 N–H and O–H groups in total. The van der Waals surface area contributed by atoms with E-state index in [4.69, 9.17) is 9.47 Å². The molecule has 2 aromatic rings. The molecule has 4 heterocycles. The van der Waals surface area contributed by atoms with E-state index in [1.54, 1.807) is 32.9 Å². The molecular formula is C37H51FN6O6. The summed E-state index contributed by atoms with van der Waals surface area (Å²) in [5.74, 6) is -1.32. The highest BCUT2D eigenvalue weighted by Crippen LogP contribution is 2.28. The molecule has 12 nitrogen and oxygen atoms in total. The van der Waals surface area contributed by atoms with Crippen molar-refractivity contribution in [1.82, 2.24) is 24.5 Å². The van der Waals surface area contributed by atoms with Crippen LogP contribution in [0, 0.1) is 17.7 Å². The van der Waals surface area contributed by atoms with Gasteiger partial charge in [-0.15, -0.1) is 0 Å². The number of nitrogens with zero attached hydrogens (tertiary/aromatic N) is 6. The van der Waals surface area contributed by atoms with E-state index in [2.05, 4.69) is 14.9 Å². The van der Waals surface area contributed by atoms with Crippen molar-refractivity contribution in [2.24, 2.45) is 11.8 Å². The minimum atomic E-state index is -0.894. The first-order valence-electron chi connectivity index (χ1n) is 17.6. The van der Waals surface area contributed by atoms with Crippen molar-refractivity contribution in [1.29, 1.82) is 0 Å². The molecule has 0 bridgehead atoms. The van der Waals surface area contributed by atoms with E-state index < -0.39 is 30.1 Å². The average Bonchev–Trinajstić information content (AvgIpc) is 3.60. The maximum absolute atomic E-state index is 15.0. The lowest BCUT2D eigenvalue weighted by Crippen LogP contribution is -2.49. The number of cyclic esters (lactones) is 1. The molecule has 0 spiro atoms. The number of carbonyl (C=O) groups excluding carboxylic acids is 3. The summed E-state index contributed by atoms with van der Waals surface area (Å²) in [6.07, 6.45) is 7.28. The zero-order chi connectivity index (χ0) is 35.8. The smallest absolute Gasteiger partial charge is 0.410 e. The molecule has 0 saturated carbocycles. The van der Waals surface area contributed by atoms with Crippen molar-refractivity contribution in [2.75, 3.05) is 64.3 Å². The highest BCUT2D eigenvalue weighted by atomic mass is 19.1. The molecule has 50 heavy (non-hydrogen) atoms. The Morgan fingerprint density at radius 1 is 1.02 bits per heavy atom. The van der Waals surface area contributed by atoms with Crippen LogP contribution in [0.1, 0.15) is 45.6 Å². The Morgan fingerprint density at radius 3 is 2.44 bits per heavy atom. The van der Waals surface area contributed by atoms with Gasteiger partial charge in [0, 0.05) is 76.4 Å². The summed E-state index contributed by atoms with van der Waals surface area (Å²) in [5, 5.41) is 14.8. The Hall–Kier alpha value is -4.23. The quantitative estimate of drug-likeness (QED) is 0.356. The summed E-state index contributed by atoms with van der Waals surface area (Å²) >= 11 is 0. The fourth-order valence-corrected chi connectivity index (χ4v) is 6.68. The molecule has 272 valence electrons. The molecule has 2 amide bonds. The topological polar surface area (TPSA) is 121 Å². The van der Waals surface area contributed by atoms with Gasteiger partial charge in [0.25, 0.3) is 0 Å². The van der Waals surface area contributed by atoms with E-state index in [-0.39, 0.29) is 36.8 Å². The van der Waals surface area contributed by atoms with E-state index >= 15 is 4.39 Å². The molecule has 0 unspecified atom stereocenters. The molecule has 13 heteroatoms. The number of esters is 1. The Balaban J connectivity index is 1.30. The van der Waals surface area contributed by atoms with Crippen LogP contribution in [0.2, 0.25) is 0 Å². The number of aromatic nitrogens is 2. The largest absolute Gasteiger partial charge is 0.457 e. The number of halogens is 1. The standard InChI is InChI=1S/C37H51FN6O6/c1-26-6-8-32(45)24-35(47)50-36(27(2)7-9-33(26)49-37(48)43-14-12-40(4)13-15-43)28(3)20-29-21-30(38)23-31(22-29)41-16-18-42(19-17-41)34(46)25-44-11-5-10-39-44/h5,7,9-11,20-23,26-27,32-33,36,45H,6,8,12-19,24-25H2,1-4H3/b9-7?,28-20+/t26-,27-,32+,33-,36-/m0/s1. The van der Waals surface area contributed by atoms with E-state index in [1.807, 2.05) is 52.1 Å². The number of carbonyl (C=O) groups is 3. The molecule has 5 rings (SSSR count). The van der Waals surface area contributed by atoms with E-state index in [1.165, 1.54) is 12.1 Å². The Morgan fingerprint density at radius 2 is 1.74 bits per heavy atom. The van der Waals surface area contributed by atoms with Gasteiger partial charge in [-0.25, -0.2) is 9.18 Å². The number of amides is 2. The van der Waals surface area contributed by atoms with Gasteiger partial charge in [0.05, 0.1) is 12.5 Å². The molecule has 0 aliphatic carbocycles. The van der Waals surface area contributed by atoms with Crippen LogP contribution in [0.4, 0.5) is 14.9 Å². The summed E-state index contributed by atoms with van der Waals surface area (Å²) in [6, 6.07) is 6.60. The van der Waals surface area contributed by atoms with E-state index in [9.17, 15) is 19.5 Å². The van der Waals surface area contributed by atoms with Crippen LogP contribution in [-0.4, -0.2) is 125 Å². The maximum Gasteiger partial charge on any atom is 0.410 e. The van der Waals surface area contributed by atoms with Crippen molar-refractivity contribution in [2.45, 2.75) is 64.9 Å². The molecule has 2 saturated heterocycles. The van der Waals surface area contributed by atoms with Crippen LogP contribution in [0.15, 0.2) is 54.4 Å². The predicted octanol–water partition coefficient (Wildman–Crippen LogP) is 3.81. The van der Waals surface area contributed by atoms with E-state index in [0.717, 1.165) is 13.1 Å². The Bertz CT molecular complexity index is 1520. The third-order valence-corrected chi connectivity index (χ3v) is 9.86. The zero-order valence-corrected chi connectivity index (χ0v) is 29.6. The van der Waals surface area contributed by atoms with Gasteiger partial charge in [-0.05, 0) is 74.2 Å². The van der Waals surface area contributed by atoms with Crippen LogP contribution in [-0.2, 0) is 25.6 Å². The van der Waals surface area contributed by atoms with Crippen molar-refractivity contribution in [3.05, 3.63) is 65.8 Å². The highest BCUT2D eigenvalue weighted by Gasteiger charge is 2.29. The number of aliphatic hydroxyl groups excluding tert-OH is 1. The Labute approximate surface area is 294 Å². The summed E-state index contributed by atoms with van der Waals surface area (Å²) in [4.78, 5) is 46.6. The zero-order valence-electron chi connectivity index (χ0n) is 29.6. The number of piperazine rings is 2. The predicted molar refractivity (Wildman–Crippen MR) is 188 cm³/mol. The number of hydrogen-bond donors (Lipinski definition) is 1. The highest BCUT2D eigenvalue weighted by molar-refractivity contribution is 5.76. The average molecular weight is 695 g/mol. The number of hydrogen-bond acceptors (Lipinski definition) is 9. The van der Waals surface area contributed by atoms with Crippen LogP contribution >= 0.6 is 0 Å². The Kier molecular flexibility index (Phi) is 12.7. The molecule has 3 aliphatic heterocycles. The third kappa shape index (κ3) is 10.2. The van der Waals surface area contributed by atoms with E-state index in [0.29, 0.717) is 68.9 Å². The van der Waals surface area contributed by atoms with Crippen molar-refractivity contribution >= 4 is 29.7 Å². The second-order valence-electron chi connectivity index (χ2n) is 13.9. The molecule has 1 aromatic heterocycles. The van der Waals surface area contributed by atoms with Crippen molar-refractivity contribution in [3.8, 4) is 0 Å². The first-order chi connectivity index (χ1) is 23.9. The SMILES string of the molecule is C/C(=C\c1cc(F)cc(N2CCN(C(=O)Cn3cccn3)CC2)c1)[C@H]1OC(=O)C[C@H](O)CC[C@H](C)[C@@H](OC(=O)N2CCN(C)CC2)C=C[C@@H]1C. The summed E-state index contributed by atoms with van der Waals surface area (Å²) in [5.41, 5.74) is 2.02. The van der Waals surface area contributed by atoms with Gasteiger partial charge in [-0.3, -0.25) is 14.3 Å². The molecule has 3 aliphatic rings. The van der Waals surface area contributed by atoms with Crippen LogP contribution in [0.25, 0.3) is 6.08 Å². The van der Waals surface area contributed by atoms with Crippen LogP contribution in [0.3, 0.4) is 0 Å². The van der Waals surface area contributed by atoms with Gasteiger partial charge in [0.1, 0.15) is 24.6 Å². The third-order valence-electron chi connectivity index (χ3n) is 9.86. The minimum Gasteiger partial charge on any atom is -0.457 e. The normalized spacial score (nSPS) is 26.2. The monoisotopic (exact) mass is 694 g/mol. The number of likely N-dealkylation sites (N-methyl/N-ethyl adjacent to an activating group) is 1. The summed E-state index contributed by atoms with van der Waals surface area (Å²) in [6.45, 7) is 10.8. The number of rotatable bonds is 6. The van der Waals surface area contributed by atoms with Gasteiger partial charge in [0.2, 0.25) is 5.91 Å². The first-order valence-corrected chi connectivity index (χ1v) is 17.6. The summed E-state index contributed by atoms with van der Waals surface area (Å²) < 4.78 is 28.6. The number of anilines is 1. The molecule has 2 fully saturated rings. The molecule has 5 atom stereocenters. The molecule has 0 radical (unpaired) electrons. The fourth-order valence-electron chi connectivity index (χ4n) is 6.68. The van der Waals surface area contributed by atoms with Crippen LogP contribution in [0.5, 0.6) is 0 Å². The lowest BCUT2D eigenvalue weighted by atomic mass is 9.91. The fraction of sp³-hybridized carbons (Fsp3) is 0.568. The molecular weight excluding hydrogens is 643 g/mol.